The molecule has 3 aromatic rings. The van der Waals surface area contributed by atoms with Gasteiger partial charge in [-0.05, 0) is 35.6 Å². The van der Waals surface area contributed by atoms with Gasteiger partial charge in [0.25, 0.3) is 0 Å². The number of aliphatic hydroxyl groups excluding tert-OH is 1. The van der Waals surface area contributed by atoms with Gasteiger partial charge in [-0.15, -0.1) is 0 Å². The largest absolute Gasteiger partial charge is 0.496 e. The molecule has 0 aliphatic rings. The maximum Gasteiger partial charge on any atom is 0.129 e. The van der Waals surface area contributed by atoms with E-state index in [4.69, 9.17) is 9.84 Å². The summed E-state index contributed by atoms with van der Waals surface area (Å²) in [6.07, 6.45) is 3.29. The molecular formula is C23H29N5O2. The summed E-state index contributed by atoms with van der Waals surface area (Å²) in [5, 5.41) is 15.5. The van der Waals surface area contributed by atoms with Crippen molar-refractivity contribution in [2.24, 2.45) is 5.92 Å². The van der Waals surface area contributed by atoms with Crippen molar-refractivity contribution in [1.29, 1.82) is 0 Å². The maximum atomic E-state index is 8.97. The molecule has 1 aromatic carbocycles. The minimum absolute atomic E-state index is 0.0545. The Kier molecular flexibility index (Phi) is 7.57. The van der Waals surface area contributed by atoms with E-state index in [1.165, 1.54) is 5.56 Å². The van der Waals surface area contributed by atoms with Gasteiger partial charge < -0.3 is 20.5 Å². The molecular weight excluding hydrogens is 378 g/mol. The molecule has 2 heterocycles. The molecule has 3 N–H and O–H groups in total. The number of nitrogens with one attached hydrogen (secondary N) is 2. The van der Waals surface area contributed by atoms with E-state index in [9.17, 15) is 0 Å². The molecule has 30 heavy (non-hydrogen) atoms. The second-order valence-corrected chi connectivity index (χ2v) is 7.26. The fourth-order valence-corrected chi connectivity index (χ4v) is 3.27. The Balaban J connectivity index is 1.67. The minimum atomic E-state index is 0.0545. The number of aliphatic hydroxyl groups is 1. The first-order valence-electron chi connectivity index (χ1n) is 10.1. The number of nitrogens with zero attached hydrogens (tertiary/aromatic N) is 3. The molecule has 0 fully saturated rings. The van der Waals surface area contributed by atoms with Gasteiger partial charge in [-0.3, -0.25) is 0 Å². The number of ether oxygens (including phenoxy) is 1. The van der Waals surface area contributed by atoms with Crippen LogP contribution in [-0.4, -0.2) is 46.9 Å². The van der Waals surface area contributed by atoms with E-state index in [0.717, 1.165) is 29.4 Å². The van der Waals surface area contributed by atoms with Crippen LogP contribution in [0, 0.1) is 5.92 Å². The van der Waals surface area contributed by atoms with Crippen LogP contribution in [0.4, 0.5) is 11.6 Å². The lowest BCUT2D eigenvalue weighted by molar-refractivity contribution is 0.311. The van der Waals surface area contributed by atoms with Crippen molar-refractivity contribution < 1.29 is 9.84 Å². The highest BCUT2D eigenvalue weighted by molar-refractivity contribution is 5.65. The van der Waals surface area contributed by atoms with E-state index < -0.39 is 0 Å². The quantitative estimate of drug-likeness (QED) is 0.471. The molecule has 158 valence electrons. The smallest absolute Gasteiger partial charge is 0.129 e. The molecule has 0 amide bonds. The maximum absolute atomic E-state index is 8.97. The summed E-state index contributed by atoms with van der Waals surface area (Å²) in [4.78, 5) is 13.0. The van der Waals surface area contributed by atoms with Gasteiger partial charge in [-0.1, -0.05) is 32.0 Å². The van der Waals surface area contributed by atoms with Gasteiger partial charge in [0, 0.05) is 30.9 Å². The lowest BCUT2D eigenvalue weighted by Gasteiger charge is -2.23. The van der Waals surface area contributed by atoms with Crippen LogP contribution in [-0.2, 0) is 0 Å². The van der Waals surface area contributed by atoms with Crippen molar-refractivity contribution >= 4 is 11.6 Å². The van der Waals surface area contributed by atoms with Gasteiger partial charge in [0.05, 0.1) is 19.4 Å². The van der Waals surface area contributed by atoms with Crippen LogP contribution in [0.1, 0.15) is 25.3 Å². The molecule has 2 aromatic heterocycles. The van der Waals surface area contributed by atoms with E-state index in [-0.39, 0.29) is 6.61 Å². The monoisotopic (exact) mass is 407 g/mol. The van der Waals surface area contributed by atoms with Crippen molar-refractivity contribution in [2.75, 3.05) is 37.4 Å². The highest BCUT2D eigenvalue weighted by Gasteiger charge is 2.18. The summed E-state index contributed by atoms with van der Waals surface area (Å²) in [5.74, 6) is 3.10. The molecule has 2 unspecified atom stereocenters. The molecule has 0 bridgehead atoms. The number of hydrogen-bond acceptors (Lipinski definition) is 7. The molecule has 0 aliphatic carbocycles. The number of para-hydroxylation sites is 1. The molecule has 0 saturated heterocycles. The van der Waals surface area contributed by atoms with Crippen LogP contribution < -0.4 is 15.4 Å². The number of anilines is 2. The first-order chi connectivity index (χ1) is 14.6. The third kappa shape index (κ3) is 5.45. The normalized spacial score (nSPS) is 12.8. The second kappa shape index (κ2) is 10.5. The lowest BCUT2D eigenvalue weighted by Crippen LogP contribution is -2.18. The van der Waals surface area contributed by atoms with E-state index in [1.54, 1.807) is 19.6 Å². The van der Waals surface area contributed by atoms with Crippen molar-refractivity contribution in [3.63, 3.8) is 0 Å². The lowest BCUT2D eigenvalue weighted by atomic mass is 9.88. The van der Waals surface area contributed by atoms with Gasteiger partial charge in [0.1, 0.15) is 23.7 Å². The highest BCUT2D eigenvalue weighted by Crippen LogP contribution is 2.31. The van der Waals surface area contributed by atoms with Crippen molar-refractivity contribution in [1.82, 2.24) is 15.0 Å². The molecule has 7 nitrogen and oxygen atoms in total. The predicted octanol–water partition coefficient (Wildman–Crippen LogP) is 3.80. The fourth-order valence-electron chi connectivity index (χ4n) is 3.27. The minimum Gasteiger partial charge on any atom is -0.496 e. The molecule has 0 radical (unpaired) electrons. The summed E-state index contributed by atoms with van der Waals surface area (Å²) < 4.78 is 5.51. The molecule has 3 rings (SSSR count). The summed E-state index contributed by atoms with van der Waals surface area (Å²) in [5.41, 5.74) is 2.95. The summed E-state index contributed by atoms with van der Waals surface area (Å²) >= 11 is 0. The van der Waals surface area contributed by atoms with E-state index in [0.29, 0.717) is 24.2 Å². The molecule has 0 saturated carbocycles. The predicted molar refractivity (Wildman–Crippen MR) is 120 cm³/mol. The van der Waals surface area contributed by atoms with Gasteiger partial charge >= 0.3 is 0 Å². The van der Waals surface area contributed by atoms with Crippen LogP contribution in [0.2, 0.25) is 0 Å². The van der Waals surface area contributed by atoms with Gasteiger partial charge in [-0.25, -0.2) is 15.0 Å². The van der Waals surface area contributed by atoms with E-state index >= 15 is 0 Å². The summed E-state index contributed by atoms with van der Waals surface area (Å²) in [7, 11) is 1.71. The zero-order valence-electron chi connectivity index (χ0n) is 17.7. The molecule has 0 spiro atoms. The number of rotatable bonds is 10. The van der Waals surface area contributed by atoms with Crippen LogP contribution in [0.25, 0.3) is 11.3 Å². The Labute approximate surface area is 177 Å². The van der Waals surface area contributed by atoms with E-state index in [1.807, 2.05) is 36.4 Å². The third-order valence-corrected chi connectivity index (χ3v) is 5.23. The van der Waals surface area contributed by atoms with Gasteiger partial charge in [0.15, 0.2) is 0 Å². The zero-order chi connectivity index (χ0) is 21.3. The molecule has 7 heteroatoms. The van der Waals surface area contributed by atoms with Crippen molar-refractivity contribution in [2.45, 2.75) is 19.8 Å². The van der Waals surface area contributed by atoms with Crippen LogP contribution in [0.15, 0.2) is 55.0 Å². The number of pyridine rings is 1. The molecule has 2 atom stereocenters. The Morgan fingerprint density at radius 1 is 1.00 bits per heavy atom. The number of aromatic nitrogens is 3. The number of methoxy groups -OCH3 is 1. The topological polar surface area (TPSA) is 92.2 Å². The van der Waals surface area contributed by atoms with E-state index in [2.05, 4.69) is 45.5 Å². The van der Waals surface area contributed by atoms with Crippen LogP contribution in [0.5, 0.6) is 5.75 Å². The van der Waals surface area contributed by atoms with Gasteiger partial charge in [-0.2, -0.15) is 0 Å². The summed E-state index contributed by atoms with van der Waals surface area (Å²) in [6, 6.07) is 13.9. The first kappa shape index (κ1) is 21.5. The number of hydrogen-bond donors (Lipinski definition) is 3. The third-order valence-electron chi connectivity index (χ3n) is 5.23. The Morgan fingerprint density at radius 2 is 1.80 bits per heavy atom. The van der Waals surface area contributed by atoms with Gasteiger partial charge in [0.2, 0.25) is 0 Å². The van der Waals surface area contributed by atoms with Crippen LogP contribution >= 0.6 is 0 Å². The van der Waals surface area contributed by atoms with Crippen molar-refractivity contribution in [3.05, 3.63) is 60.6 Å². The average molecular weight is 408 g/mol. The SMILES string of the molecule is COc1ccccc1C(C)C(C)CNc1cc(-c2ccnc(NCCO)c2)ncn1. The Hall–Kier alpha value is -3.19. The van der Waals surface area contributed by atoms with Crippen LogP contribution in [0.3, 0.4) is 0 Å². The Morgan fingerprint density at radius 3 is 2.60 bits per heavy atom. The Bertz CT molecular complexity index is 950. The summed E-state index contributed by atoms with van der Waals surface area (Å²) in [6.45, 7) is 5.71. The fraction of sp³-hybridized carbons (Fsp3) is 0.348. The standard InChI is InChI=1S/C23H29N5O2/c1-16(17(2)19-6-4-5-7-21(19)30-3)14-26-23-13-20(27-15-28-23)18-8-9-24-22(12-18)25-10-11-29/h4-9,12-13,15-17,29H,10-11,14H2,1-3H3,(H,24,25)(H,26,27,28). The number of benzene rings is 1. The molecule has 0 aliphatic heterocycles. The zero-order valence-corrected chi connectivity index (χ0v) is 17.7. The average Bonchev–Trinajstić information content (AvgIpc) is 2.81. The van der Waals surface area contributed by atoms with Crippen molar-refractivity contribution in [3.8, 4) is 17.0 Å². The highest BCUT2D eigenvalue weighted by atomic mass is 16.5. The second-order valence-electron chi connectivity index (χ2n) is 7.26. The first-order valence-corrected chi connectivity index (χ1v) is 10.1.